The number of hydrogen-bond donors (Lipinski definition) is 0. The minimum absolute atomic E-state index is 0.578. The number of para-hydroxylation sites is 3. The molecule has 12 nitrogen and oxygen atoms in total. The van der Waals surface area contributed by atoms with Crippen LogP contribution in [0.5, 0.6) is 0 Å². The summed E-state index contributed by atoms with van der Waals surface area (Å²) in [5.41, 5.74) is 25.8. The van der Waals surface area contributed by atoms with Gasteiger partial charge in [0.05, 0.1) is 59.1 Å². The molecule has 0 radical (unpaired) electrons. The summed E-state index contributed by atoms with van der Waals surface area (Å²) < 4.78 is 55.5. The molecule has 0 aliphatic rings. The van der Waals surface area contributed by atoms with Crippen LogP contribution in [-0.2, 0) is 35.2 Å². The van der Waals surface area contributed by atoms with Crippen LogP contribution in [0.25, 0.3) is 215 Å². The van der Waals surface area contributed by atoms with Gasteiger partial charge in [-0.05, 0) is 141 Å². The second-order valence-corrected chi connectivity index (χ2v) is 34.9. The largest absolute Gasteiger partial charge is 0.454 e. The summed E-state index contributed by atoms with van der Waals surface area (Å²) in [4.78, 5) is 6.19. The number of benzene rings is 10. The molecule has 0 bridgehead atoms. The number of aromatic nitrogens is 6. The maximum atomic E-state index is 6.42. The van der Waals surface area contributed by atoms with E-state index in [1.165, 1.54) is 149 Å². The Morgan fingerprint density at radius 1 is 0.242 bits per heavy atom. The highest BCUT2D eigenvalue weighted by Crippen LogP contribution is 2.50. The van der Waals surface area contributed by atoms with Gasteiger partial charge >= 0.3 is 0 Å². The first-order valence-corrected chi connectivity index (χ1v) is 43.2. The molecule has 25 rings (SSSR count). The molecule has 10 aromatic carbocycles. The summed E-state index contributed by atoms with van der Waals surface area (Å²) >= 11 is 7.13. The monoisotopic (exact) mass is 1640 g/mol. The SMILES string of the molecule is Cc1ccc2c(oc3c4ccccc4sc23)c1-c1cccc[n+]1C.Cc1ccc2c(oc3oc4ccccc4c32)c1-c1ccnc[n+]1C.Cc1ccc2c(oc3sc4ccccc4c32)c1-c1cccc[n+]1C.Cc1ccc2c(sc3c4ccccc4oc23)c1-c1cccc[n+]1C.Cc1ccc2c(sc3oc4ccccc4c32)c1-c1cccc[n+]1C. The second kappa shape index (κ2) is 29.7. The molecule has 0 spiro atoms. The predicted octanol–water partition coefficient (Wildman–Crippen LogP) is 26.9. The highest BCUT2D eigenvalue weighted by atomic mass is 32.1. The van der Waals surface area contributed by atoms with E-state index in [-0.39, 0.29) is 0 Å². The summed E-state index contributed by atoms with van der Waals surface area (Å²) in [7, 11) is 10.3. The van der Waals surface area contributed by atoms with Crippen molar-refractivity contribution in [1.29, 1.82) is 0 Å². The highest BCUT2D eigenvalue weighted by molar-refractivity contribution is 7.28. The number of hydrogen-bond acceptors (Lipinski definition) is 11. The van der Waals surface area contributed by atoms with E-state index in [0.29, 0.717) is 5.78 Å². The Morgan fingerprint density at radius 2 is 0.625 bits per heavy atom. The van der Waals surface area contributed by atoms with Crippen LogP contribution in [0.4, 0.5) is 0 Å². The topological polar surface area (TPSA) is 111 Å². The zero-order valence-corrected chi connectivity index (χ0v) is 70.8. The van der Waals surface area contributed by atoms with Crippen LogP contribution in [0.2, 0.25) is 0 Å². The average molecular weight is 1640 g/mol. The van der Waals surface area contributed by atoms with Crippen LogP contribution in [0.1, 0.15) is 27.8 Å². The Hall–Kier alpha value is -13.7. The summed E-state index contributed by atoms with van der Waals surface area (Å²) in [5, 5.41) is 15.5. The van der Waals surface area contributed by atoms with Crippen molar-refractivity contribution in [3.8, 4) is 56.3 Å². The third kappa shape index (κ3) is 12.2. The standard InChI is InChI=1S/4C21H16NOS.C20H15N2O2/c1-13-10-11-15-19-21(14-7-3-4-9-17(14)23-19)24-20(15)18(13)16-8-5-6-12-22(16)2;1-13-10-11-15-19(18(13)16-8-5-6-12-22(16)2)23-20-14-7-3-4-9-17(14)24-21(15)20;1-13-10-11-15-19-14-7-3-4-9-17(14)24-21(19)23-20(15)18(13)16-8-5-6-12-22(16)2;1-13-10-11-15-19-14-7-3-4-9-17(14)23-21(19)24-20(15)18(13)16-8-5-6-12-22(16)2;1-12-7-8-14-18-13-5-3-4-6-16(13)23-20(18)24-19(14)17(12)15-9-10-21-11-22(15)2/h4*3-12H,1-2H3;3-11H,1-2H3/q5*+1. The quantitative estimate of drug-likeness (QED) is 0.158. The Morgan fingerprint density at radius 3 is 1.19 bits per heavy atom. The lowest BCUT2D eigenvalue weighted by molar-refractivity contribution is -0.663. The van der Waals surface area contributed by atoms with E-state index in [0.717, 1.165) is 87.4 Å². The molecular formula is C104H79N6O6S4+5. The molecule has 0 aliphatic heterocycles. The minimum Gasteiger partial charge on any atom is -0.454 e. The van der Waals surface area contributed by atoms with Gasteiger partial charge in [-0.2, -0.15) is 0 Å². The normalized spacial score (nSPS) is 11.8. The van der Waals surface area contributed by atoms with Crippen LogP contribution < -0.4 is 22.8 Å². The predicted molar refractivity (Wildman–Crippen MR) is 494 cm³/mol. The fraction of sp³-hybridized carbons (Fsp3) is 0.0962. The van der Waals surface area contributed by atoms with Gasteiger partial charge in [0, 0.05) is 129 Å². The molecule has 15 heterocycles. The van der Waals surface area contributed by atoms with E-state index in [9.17, 15) is 0 Å². The van der Waals surface area contributed by atoms with Crippen molar-refractivity contribution in [2.45, 2.75) is 34.6 Å². The average Bonchev–Trinajstić information content (AvgIpc) is 1.59. The molecule has 0 amide bonds. The molecule has 0 saturated heterocycles. The first kappa shape index (κ1) is 73.9. The van der Waals surface area contributed by atoms with Crippen LogP contribution in [0.15, 0.2) is 325 Å². The van der Waals surface area contributed by atoms with E-state index in [1.807, 2.05) is 95.0 Å². The number of thiophene rings is 4. The highest BCUT2D eigenvalue weighted by Gasteiger charge is 2.29. The maximum absolute atomic E-state index is 6.42. The molecule has 15 aromatic heterocycles. The van der Waals surface area contributed by atoms with Crippen molar-refractivity contribution < 1.29 is 49.3 Å². The first-order valence-electron chi connectivity index (χ1n) is 40.0. The summed E-state index contributed by atoms with van der Waals surface area (Å²) in [6.07, 6.45) is 12.0. The number of pyridine rings is 4. The van der Waals surface area contributed by atoms with E-state index in [2.05, 4.69) is 311 Å². The van der Waals surface area contributed by atoms with Gasteiger partial charge in [0.15, 0.2) is 56.9 Å². The van der Waals surface area contributed by atoms with E-state index in [1.54, 1.807) is 35.2 Å². The van der Waals surface area contributed by atoms with E-state index < -0.39 is 0 Å². The Labute approximate surface area is 705 Å². The van der Waals surface area contributed by atoms with Crippen molar-refractivity contribution in [3.63, 3.8) is 0 Å². The Bertz CT molecular complexity index is 7600. The van der Waals surface area contributed by atoms with Gasteiger partial charge in [0.1, 0.15) is 62.4 Å². The van der Waals surface area contributed by atoms with Gasteiger partial charge < -0.3 is 26.5 Å². The summed E-state index contributed by atoms with van der Waals surface area (Å²) in [5.74, 6) is 0.578. The molecule has 0 unspecified atom stereocenters. The molecular weight excluding hydrogens is 1560 g/mol. The zero-order chi connectivity index (χ0) is 81.3. The van der Waals surface area contributed by atoms with Crippen LogP contribution >= 0.6 is 45.3 Å². The van der Waals surface area contributed by atoms with Gasteiger partial charge in [-0.25, -0.2) is 22.8 Å². The van der Waals surface area contributed by atoms with Gasteiger partial charge in [0.2, 0.25) is 22.8 Å². The molecule has 0 atom stereocenters. The fourth-order valence-electron chi connectivity index (χ4n) is 17.4. The van der Waals surface area contributed by atoms with Crippen molar-refractivity contribution in [3.05, 3.63) is 326 Å². The smallest absolute Gasteiger partial charge is 0.299 e. The Balaban J connectivity index is 0.0000000928. The molecule has 0 saturated carbocycles. The summed E-state index contributed by atoms with van der Waals surface area (Å²) in [6, 6.07) is 90.7. The lowest BCUT2D eigenvalue weighted by atomic mass is 10.0. The number of fused-ring (bicyclic) bond motifs is 25. The van der Waals surface area contributed by atoms with Gasteiger partial charge in [0.25, 0.3) is 12.1 Å². The number of furan rings is 6. The van der Waals surface area contributed by atoms with E-state index >= 15 is 0 Å². The van der Waals surface area contributed by atoms with Gasteiger partial charge in [-0.15, -0.1) is 22.7 Å². The molecule has 0 fully saturated rings. The number of aryl methyl sites for hydroxylation is 10. The van der Waals surface area contributed by atoms with Crippen LogP contribution in [0.3, 0.4) is 0 Å². The molecule has 0 N–H and O–H groups in total. The third-order valence-electron chi connectivity index (χ3n) is 23.3. The molecule has 580 valence electrons. The van der Waals surface area contributed by atoms with Gasteiger partial charge in [-0.1, -0.05) is 155 Å². The molecule has 16 heteroatoms. The fourth-order valence-corrected chi connectivity index (χ4v) is 22.3. The van der Waals surface area contributed by atoms with Crippen LogP contribution in [-0.4, -0.2) is 4.98 Å². The molecule has 0 aliphatic carbocycles. The second-order valence-electron chi connectivity index (χ2n) is 30.8. The number of rotatable bonds is 5. The Kier molecular flexibility index (Phi) is 18.3. The zero-order valence-electron chi connectivity index (χ0n) is 67.6. The minimum atomic E-state index is 0.578. The van der Waals surface area contributed by atoms with Gasteiger partial charge in [-0.3, -0.25) is 0 Å². The lowest BCUT2D eigenvalue weighted by Gasteiger charge is -2.06. The lowest BCUT2D eigenvalue weighted by Crippen LogP contribution is -2.31. The van der Waals surface area contributed by atoms with Crippen LogP contribution in [0, 0.1) is 34.6 Å². The van der Waals surface area contributed by atoms with Crippen molar-refractivity contribution in [1.82, 2.24) is 4.98 Å². The maximum Gasteiger partial charge on any atom is 0.299 e. The first-order chi connectivity index (χ1) is 58.7. The van der Waals surface area contributed by atoms with Crippen molar-refractivity contribution in [2.75, 3.05) is 0 Å². The third-order valence-corrected chi connectivity index (χ3v) is 27.9. The van der Waals surface area contributed by atoms with Crippen molar-refractivity contribution >= 4 is 204 Å². The van der Waals surface area contributed by atoms with E-state index in [4.69, 9.17) is 26.5 Å². The number of nitrogens with zero attached hydrogens (tertiary/aromatic N) is 6. The van der Waals surface area contributed by atoms with Crippen molar-refractivity contribution in [2.24, 2.45) is 35.2 Å². The summed E-state index contributed by atoms with van der Waals surface area (Å²) in [6.45, 7) is 10.8. The molecule has 120 heavy (non-hydrogen) atoms. The molecule has 25 aromatic rings.